The number of halogens is 2. The minimum absolute atomic E-state index is 0.0264. The van der Waals surface area contributed by atoms with Crippen LogP contribution in [0.1, 0.15) is 82.6 Å². The number of rotatable bonds is 13. The molecule has 5 N–H and O–H groups in total. The quantitative estimate of drug-likeness (QED) is 0.104. The predicted molar refractivity (Wildman–Crippen MR) is 193 cm³/mol. The van der Waals surface area contributed by atoms with Gasteiger partial charge in [0.2, 0.25) is 23.6 Å². The Morgan fingerprint density at radius 2 is 1.75 bits per heavy atom. The lowest BCUT2D eigenvalue weighted by atomic mass is 9.78. The summed E-state index contributed by atoms with van der Waals surface area (Å²) in [6.07, 6.45) is 1.15. The zero-order valence-electron chi connectivity index (χ0n) is 29.2. The summed E-state index contributed by atoms with van der Waals surface area (Å²) in [5.74, 6) is -1.79. The molecule has 0 saturated heterocycles. The molecule has 0 fully saturated rings. The molecule has 1 aliphatic rings. The van der Waals surface area contributed by atoms with Gasteiger partial charge in [-0.1, -0.05) is 99.2 Å². The van der Waals surface area contributed by atoms with Gasteiger partial charge in [0.1, 0.15) is 24.2 Å². The van der Waals surface area contributed by atoms with E-state index in [4.69, 9.17) is 32.4 Å². The van der Waals surface area contributed by atoms with E-state index in [0.717, 1.165) is 22.2 Å². The van der Waals surface area contributed by atoms with Gasteiger partial charge in [0.15, 0.2) is 0 Å². The van der Waals surface area contributed by atoms with Gasteiger partial charge in [0, 0.05) is 29.4 Å². The fourth-order valence-electron chi connectivity index (χ4n) is 6.26. The molecular weight excluding hydrogens is 697 g/mol. The number of ether oxygens (including phenoxy) is 1. The topological polar surface area (TPSA) is 180 Å². The van der Waals surface area contributed by atoms with Gasteiger partial charge in [0.25, 0.3) is 0 Å². The molecule has 1 aliphatic carbocycles. The summed E-state index contributed by atoms with van der Waals surface area (Å²) in [6.45, 7) is 8.98. The van der Waals surface area contributed by atoms with Gasteiger partial charge in [-0.15, -0.1) is 5.10 Å². The number of amides is 4. The summed E-state index contributed by atoms with van der Waals surface area (Å²) >= 11 is 13.0. The van der Waals surface area contributed by atoms with Crippen LogP contribution in [-0.4, -0.2) is 50.6 Å². The molecule has 4 amide bonds. The third kappa shape index (κ3) is 8.65. The Labute approximate surface area is 305 Å². The van der Waals surface area contributed by atoms with Crippen molar-refractivity contribution in [1.82, 2.24) is 31.1 Å². The second-order valence-electron chi connectivity index (χ2n) is 13.2. The van der Waals surface area contributed by atoms with Crippen LogP contribution < -0.4 is 21.3 Å². The highest BCUT2D eigenvalue weighted by atomic mass is 35.5. The Kier molecular flexibility index (Phi) is 11.9. The number of nitrogens with one attached hydrogen (secondary N) is 5. The summed E-state index contributed by atoms with van der Waals surface area (Å²) in [4.78, 5) is 57.0. The zero-order valence-corrected chi connectivity index (χ0v) is 30.7. The first-order valence-corrected chi connectivity index (χ1v) is 17.8. The van der Waals surface area contributed by atoms with Gasteiger partial charge in [-0.3, -0.25) is 19.7 Å². The summed E-state index contributed by atoms with van der Waals surface area (Å²) < 4.78 is 11.2. The number of carbonyl (C=O) groups is 4. The van der Waals surface area contributed by atoms with Crippen molar-refractivity contribution < 1.29 is 28.3 Å². The molecule has 51 heavy (non-hydrogen) atoms. The molecule has 272 valence electrons. The maximum Gasteiger partial charge on any atom is 0.408 e. The number of H-pyrrole nitrogens is 1. The molecule has 0 saturated carbocycles. The SMILES string of the molecule is CC[C@H](C)C(NC(=O)OCc1ccccc1)C(=O)N[C@@]1(C(=O)NC(c2nnc(NC(C)=O)o2)[C@@H](C)CC)CCc2[nH]c3c(Cl)cc(Cl)cc3c2C1. The van der Waals surface area contributed by atoms with Crippen molar-refractivity contribution in [3.63, 3.8) is 0 Å². The first kappa shape index (κ1) is 37.6. The van der Waals surface area contributed by atoms with Crippen molar-refractivity contribution in [2.45, 2.75) is 91.0 Å². The van der Waals surface area contributed by atoms with E-state index in [0.29, 0.717) is 34.8 Å². The third-order valence-electron chi connectivity index (χ3n) is 9.57. The van der Waals surface area contributed by atoms with E-state index in [-0.39, 0.29) is 49.1 Å². The lowest BCUT2D eigenvalue weighted by molar-refractivity contribution is -0.136. The number of aryl methyl sites for hydroxylation is 1. The van der Waals surface area contributed by atoms with E-state index in [2.05, 4.69) is 36.4 Å². The van der Waals surface area contributed by atoms with E-state index >= 15 is 0 Å². The molecule has 13 nitrogen and oxygen atoms in total. The summed E-state index contributed by atoms with van der Waals surface area (Å²) in [6, 6.07) is 10.8. The fourth-order valence-corrected chi connectivity index (χ4v) is 6.80. The van der Waals surface area contributed by atoms with Crippen LogP contribution in [0.5, 0.6) is 0 Å². The first-order chi connectivity index (χ1) is 24.3. The number of hydrogen-bond donors (Lipinski definition) is 5. The highest BCUT2D eigenvalue weighted by Gasteiger charge is 2.47. The van der Waals surface area contributed by atoms with Gasteiger partial charge >= 0.3 is 12.1 Å². The third-order valence-corrected chi connectivity index (χ3v) is 10.1. The van der Waals surface area contributed by atoms with Crippen molar-refractivity contribution in [3.05, 3.63) is 75.2 Å². The number of aromatic nitrogens is 3. The number of carbonyl (C=O) groups excluding carboxylic acids is 4. The van der Waals surface area contributed by atoms with Crippen molar-refractivity contribution in [3.8, 4) is 0 Å². The summed E-state index contributed by atoms with van der Waals surface area (Å²) in [7, 11) is 0. The normalized spacial score (nSPS) is 17.8. The molecule has 2 unspecified atom stereocenters. The molecule has 0 aliphatic heterocycles. The van der Waals surface area contributed by atoms with Crippen molar-refractivity contribution in [1.29, 1.82) is 0 Å². The Hall–Kier alpha value is -4.62. The average Bonchev–Trinajstić information content (AvgIpc) is 3.72. The molecule has 2 heterocycles. The van der Waals surface area contributed by atoms with Crippen molar-refractivity contribution >= 4 is 63.9 Å². The van der Waals surface area contributed by atoms with E-state index < -0.39 is 35.5 Å². The van der Waals surface area contributed by atoms with Crippen LogP contribution in [0.4, 0.5) is 10.8 Å². The van der Waals surface area contributed by atoms with Crippen molar-refractivity contribution in [2.24, 2.45) is 11.8 Å². The lowest BCUT2D eigenvalue weighted by Gasteiger charge is -2.39. The van der Waals surface area contributed by atoms with Crippen LogP contribution in [0, 0.1) is 11.8 Å². The maximum absolute atomic E-state index is 14.7. The molecule has 15 heteroatoms. The van der Waals surface area contributed by atoms with Crippen molar-refractivity contribution in [2.75, 3.05) is 5.32 Å². The number of alkyl carbamates (subject to hydrolysis) is 1. The van der Waals surface area contributed by atoms with Gasteiger partial charge in [-0.05, 0) is 47.9 Å². The Morgan fingerprint density at radius 1 is 1.02 bits per heavy atom. The van der Waals surface area contributed by atoms with Gasteiger partial charge in [0.05, 0.1) is 10.5 Å². The zero-order chi connectivity index (χ0) is 36.9. The number of anilines is 1. The lowest BCUT2D eigenvalue weighted by Crippen LogP contribution is -2.65. The number of fused-ring (bicyclic) bond motifs is 3. The summed E-state index contributed by atoms with van der Waals surface area (Å²) in [5, 5.41) is 21.0. The molecular formula is C36H43Cl2N7O6. The van der Waals surface area contributed by atoms with Crippen LogP contribution in [0.15, 0.2) is 46.9 Å². The van der Waals surface area contributed by atoms with Crippen LogP contribution in [0.3, 0.4) is 0 Å². The number of benzene rings is 2. The van der Waals surface area contributed by atoms with Crippen LogP contribution in [-0.2, 0) is 38.6 Å². The first-order valence-electron chi connectivity index (χ1n) is 17.0. The Morgan fingerprint density at radius 3 is 2.43 bits per heavy atom. The largest absolute Gasteiger partial charge is 0.445 e. The van der Waals surface area contributed by atoms with Crippen LogP contribution in [0.2, 0.25) is 10.0 Å². The molecule has 5 rings (SSSR count). The maximum atomic E-state index is 14.7. The van der Waals surface area contributed by atoms with Crippen LogP contribution >= 0.6 is 23.2 Å². The molecule has 5 atom stereocenters. The summed E-state index contributed by atoms with van der Waals surface area (Å²) in [5.41, 5.74) is 1.66. The predicted octanol–water partition coefficient (Wildman–Crippen LogP) is 6.40. The molecule has 0 bridgehead atoms. The van der Waals surface area contributed by atoms with E-state index in [1.54, 1.807) is 12.1 Å². The highest BCUT2D eigenvalue weighted by Crippen LogP contribution is 2.39. The molecule has 0 spiro atoms. The molecule has 4 aromatic rings. The number of hydrogen-bond acceptors (Lipinski definition) is 8. The smallest absolute Gasteiger partial charge is 0.408 e. The standard InChI is InChI=1S/C36H43Cl2N7O6/c1-6-19(3)28(42-35(49)50-18-22-11-9-8-10-12-22)31(47)43-36(14-13-27-25(17-36)24-15-23(37)16-26(38)30(24)40-27)33(48)41-29(20(4)7-2)32-44-45-34(51-32)39-21(5)46/h8-12,15-16,19-20,28-29,40H,6-7,13-14,17-18H2,1-5H3,(H,41,48)(H,42,49)(H,43,47)(H,39,45,46)/t19-,20-,28?,29?,36-/m0/s1. The van der Waals surface area contributed by atoms with E-state index in [1.165, 1.54) is 6.92 Å². The molecule has 2 aromatic carbocycles. The second kappa shape index (κ2) is 16.2. The van der Waals surface area contributed by atoms with Crippen LogP contribution in [0.25, 0.3) is 10.9 Å². The number of nitrogens with zero attached hydrogens (tertiary/aromatic N) is 2. The second-order valence-corrected chi connectivity index (χ2v) is 14.0. The molecule has 2 aromatic heterocycles. The molecule has 0 radical (unpaired) electrons. The fraction of sp³-hybridized carbons (Fsp3) is 0.444. The minimum atomic E-state index is -1.48. The van der Waals surface area contributed by atoms with Gasteiger partial charge in [-0.2, -0.15) is 0 Å². The van der Waals surface area contributed by atoms with Gasteiger partial charge < -0.3 is 30.1 Å². The van der Waals surface area contributed by atoms with E-state index in [9.17, 15) is 19.2 Å². The van der Waals surface area contributed by atoms with E-state index in [1.807, 2.05) is 58.0 Å². The average molecular weight is 741 g/mol. The Bertz CT molecular complexity index is 1900. The van der Waals surface area contributed by atoms with Gasteiger partial charge in [-0.25, -0.2) is 4.79 Å². The monoisotopic (exact) mass is 739 g/mol. The minimum Gasteiger partial charge on any atom is -0.445 e. The Balaban J connectivity index is 1.48. The number of aromatic amines is 1. The highest BCUT2D eigenvalue weighted by molar-refractivity contribution is 6.38.